The normalized spacial score (nSPS) is 13.8. The molecule has 0 spiro atoms. The molecule has 208 valence electrons. The van der Waals surface area contributed by atoms with Crippen LogP contribution in [0.1, 0.15) is 54.4 Å². The van der Waals surface area contributed by atoms with Crippen molar-refractivity contribution in [1.29, 1.82) is 0 Å². The number of carbonyl (C=O) groups excluding carboxylic acids is 3. The van der Waals surface area contributed by atoms with Crippen LogP contribution < -0.4 is 10.0 Å². The van der Waals surface area contributed by atoms with Crippen LogP contribution in [0.5, 0.6) is 0 Å². The molecule has 1 aromatic carbocycles. The summed E-state index contributed by atoms with van der Waals surface area (Å²) in [5.74, 6) is -2.31. The monoisotopic (exact) mass is 545 g/mol. The highest BCUT2D eigenvalue weighted by atomic mass is 32.2. The molecule has 37 heavy (non-hydrogen) atoms. The Kier molecular flexibility index (Phi) is 11.2. The molecule has 14 heteroatoms. The van der Waals surface area contributed by atoms with E-state index in [-0.39, 0.29) is 12.8 Å². The third-order valence-electron chi connectivity index (χ3n) is 4.45. The van der Waals surface area contributed by atoms with Gasteiger partial charge in [0.1, 0.15) is 23.3 Å². The van der Waals surface area contributed by atoms with Crippen LogP contribution in [0.4, 0.5) is 5.69 Å². The van der Waals surface area contributed by atoms with Crippen molar-refractivity contribution in [3.63, 3.8) is 0 Å². The van der Waals surface area contributed by atoms with Crippen LogP contribution in [-0.2, 0) is 38.6 Å². The summed E-state index contributed by atoms with van der Waals surface area (Å²) < 4.78 is 43.2. The van der Waals surface area contributed by atoms with Gasteiger partial charge in [0.15, 0.2) is 4.90 Å². The third kappa shape index (κ3) is 11.2. The number of esters is 3. The minimum absolute atomic E-state index is 0.0748. The quantitative estimate of drug-likeness (QED) is 0.169. The Morgan fingerprint density at radius 1 is 0.973 bits per heavy atom. The molecule has 0 aliphatic heterocycles. The number of nitro benzene ring substituents is 1. The van der Waals surface area contributed by atoms with Gasteiger partial charge in [-0.15, -0.1) is 0 Å². The van der Waals surface area contributed by atoms with Gasteiger partial charge < -0.3 is 19.5 Å². The molecule has 0 saturated heterocycles. The Hall–Kier alpha value is -3.10. The van der Waals surface area contributed by atoms with Crippen molar-refractivity contribution >= 4 is 33.6 Å². The van der Waals surface area contributed by atoms with Gasteiger partial charge in [-0.25, -0.2) is 8.42 Å². The highest BCUT2D eigenvalue weighted by molar-refractivity contribution is 7.89. The van der Waals surface area contributed by atoms with Crippen LogP contribution in [0, 0.1) is 10.1 Å². The SMILES string of the molecule is COC(=O)C(CNC(CCC(=O)OC(C)(C)C)C(=O)OC(C)(C)C)NS(=O)(=O)c1ccccc1[N+](=O)[O-]. The fourth-order valence-corrected chi connectivity index (χ4v) is 4.35. The number of nitrogens with one attached hydrogen (secondary N) is 2. The molecule has 0 aliphatic carbocycles. The van der Waals surface area contributed by atoms with E-state index in [0.717, 1.165) is 19.2 Å². The number of carbonyl (C=O) groups is 3. The smallest absolute Gasteiger partial charge is 0.325 e. The minimum atomic E-state index is -4.56. The molecular formula is C23H35N3O10S. The lowest BCUT2D eigenvalue weighted by Crippen LogP contribution is -2.52. The second-order valence-electron chi connectivity index (χ2n) is 10.0. The molecule has 2 atom stereocenters. The summed E-state index contributed by atoms with van der Waals surface area (Å²) in [4.78, 5) is 47.1. The van der Waals surface area contributed by atoms with Crippen molar-refractivity contribution < 1.29 is 41.9 Å². The number of nitrogens with zero attached hydrogens (tertiary/aromatic N) is 1. The number of para-hydroxylation sites is 1. The van der Waals surface area contributed by atoms with Crippen LogP contribution in [0.2, 0.25) is 0 Å². The van der Waals surface area contributed by atoms with Crippen LogP contribution in [-0.4, -0.2) is 68.2 Å². The highest BCUT2D eigenvalue weighted by Crippen LogP contribution is 2.23. The number of methoxy groups -OCH3 is 1. The largest absolute Gasteiger partial charge is 0.468 e. The maximum absolute atomic E-state index is 12.9. The number of hydrogen-bond acceptors (Lipinski definition) is 11. The second-order valence-corrected chi connectivity index (χ2v) is 11.7. The zero-order valence-corrected chi connectivity index (χ0v) is 22.8. The van der Waals surface area contributed by atoms with E-state index < -0.39 is 73.3 Å². The van der Waals surface area contributed by atoms with Crippen molar-refractivity contribution in [2.45, 2.75) is 82.6 Å². The van der Waals surface area contributed by atoms with Gasteiger partial charge in [0.2, 0.25) is 10.0 Å². The predicted octanol–water partition coefficient (Wildman–Crippen LogP) is 1.84. The summed E-state index contributed by atoms with van der Waals surface area (Å²) in [6, 6.07) is 1.94. The molecule has 0 saturated carbocycles. The molecule has 0 amide bonds. The number of rotatable bonds is 12. The van der Waals surface area contributed by atoms with E-state index in [9.17, 15) is 32.9 Å². The maximum atomic E-state index is 12.9. The Morgan fingerprint density at radius 3 is 2.05 bits per heavy atom. The van der Waals surface area contributed by atoms with Crippen molar-refractivity contribution in [3.8, 4) is 0 Å². The summed E-state index contributed by atoms with van der Waals surface area (Å²) in [7, 11) is -3.53. The Morgan fingerprint density at radius 2 is 1.54 bits per heavy atom. The Labute approximate surface area is 216 Å². The summed E-state index contributed by atoms with van der Waals surface area (Å²) >= 11 is 0. The molecule has 2 unspecified atom stereocenters. The first-order valence-corrected chi connectivity index (χ1v) is 12.9. The molecule has 1 rings (SSSR count). The highest BCUT2D eigenvalue weighted by Gasteiger charge is 2.33. The Bertz CT molecular complexity index is 1090. The van der Waals surface area contributed by atoms with Crippen molar-refractivity contribution in [2.24, 2.45) is 0 Å². The predicted molar refractivity (Wildman–Crippen MR) is 132 cm³/mol. The van der Waals surface area contributed by atoms with Gasteiger partial charge in [-0.1, -0.05) is 12.1 Å². The molecule has 0 fully saturated rings. The second kappa shape index (κ2) is 12.9. The van der Waals surface area contributed by atoms with E-state index in [0.29, 0.717) is 0 Å². The molecular weight excluding hydrogens is 510 g/mol. The summed E-state index contributed by atoms with van der Waals surface area (Å²) in [5, 5.41) is 14.0. The van der Waals surface area contributed by atoms with Crippen molar-refractivity contribution in [1.82, 2.24) is 10.0 Å². The zero-order valence-electron chi connectivity index (χ0n) is 22.0. The molecule has 0 aliphatic rings. The number of benzene rings is 1. The van der Waals surface area contributed by atoms with Gasteiger partial charge in [-0.3, -0.25) is 24.5 Å². The number of sulfonamides is 1. The molecule has 0 bridgehead atoms. The summed E-state index contributed by atoms with van der Waals surface area (Å²) in [6.45, 7) is 9.57. The first kappa shape index (κ1) is 31.9. The fourth-order valence-electron chi connectivity index (χ4n) is 2.99. The number of hydrogen-bond donors (Lipinski definition) is 2. The van der Waals surface area contributed by atoms with E-state index in [4.69, 9.17) is 9.47 Å². The van der Waals surface area contributed by atoms with Crippen LogP contribution in [0.15, 0.2) is 29.2 Å². The maximum Gasteiger partial charge on any atom is 0.325 e. The van der Waals surface area contributed by atoms with Crippen LogP contribution >= 0.6 is 0 Å². The Balaban J connectivity index is 3.13. The zero-order chi connectivity index (χ0) is 28.6. The third-order valence-corrected chi connectivity index (χ3v) is 5.97. The molecule has 2 N–H and O–H groups in total. The standard InChI is InChI=1S/C23H35N3O10S/c1-22(2,3)35-19(27)13-12-15(21(29)36-23(4,5)6)24-14-16(20(28)34-7)25-37(32,33)18-11-9-8-10-17(18)26(30)31/h8-11,15-16,24-25H,12-14H2,1-7H3. The van der Waals surface area contributed by atoms with E-state index >= 15 is 0 Å². The lowest BCUT2D eigenvalue weighted by Gasteiger charge is -2.26. The minimum Gasteiger partial charge on any atom is -0.468 e. The van der Waals surface area contributed by atoms with Gasteiger partial charge in [0, 0.05) is 19.0 Å². The van der Waals surface area contributed by atoms with E-state index in [1.165, 1.54) is 12.1 Å². The van der Waals surface area contributed by atoms with Gasteiger partial charge in [-0.2, -0.15) is 4.72 Å². The molecule has 0 aromatic heterocycles. The lowest BCUT2D eigenvalue weighted by molar-refractivity contribution is -0.387. The van der Waals surface area contributed by atoms with E-state index in [1.54, 1.807) is 41.5 Å². The average Bonchev–Trinajstić information content (AvgIpc) is 2.75. The lowest BCUT2D eigenvalue weighted by atomic mass is 10.1. The van der Waals surface area contributed by atoms with Gasteiger partial charge in [0.05, 0.1) is 12.0 Å². The summed E-state index contributed by atoms with van der Waals surface area (Å²) in [5.41, 5.74) is -2.28. The topological polar surface area (TPSA) is 180 Å². The van der Waals surface area contributed by atoms with Gasteiger partial charge in [-0.05, 0) is 54.0 Å². The van der Waals surface area contributed by atoms with Crippen molar-refractivity contribution in [2.75, 3.05) is 13.7 Å². The summed E-state index contributed by atoms with van der Waals surface area (Å²) in [6.07, 6.45) is -0.242. The van der Waals surface area contributed by atoms with Crippen LogP contribution in [0.25, 0.3) is 0 Å². The van der Waals surface area contributed by atoms with Gasteiger partial charge in [0.25, 0.3) is 5.69 Å². The average molecular weight is 546 g/mol. The molecule has 0 heterocycles. The number of nitro groups is 1. The molecule has 0 radical (unpaired) electrons. The molecule has 13 nitrogen and oxygen atoms in total. The van der Waals surface area contributed by atoms with Crippen LogP contribution in [0.3, 0.4) is 0 Å². The van der Waals surface area contributed by atoms with Crippen molar-refractivity contribution in [3.05, 3.63) is 34.4 Å². The number of ether oxygens (including phenoxy) is 3. The van der Waals surface area contributed by atoms with E-state index in [1.807, 2.05) is 0 Å². The van der Waals surface area contributed by atoms with Gasteiger partial charge >= 0.3 is 17.9 Å². The molecule has 1 aromatic rings. The first-order chi connectivity index (χ1) is 16.9. The van der Waals surface area contributed by atoms with E-state index in [2.05, 4.69) is 14.8 Å². The first-order valence-electron chi connectivity index (χ1n) is 11.4. The fraction of sp³-hybridized carbons (Fsp3) is 0.609.